The van der Waals surface area contributed by atoms with Gasteiger partial charge >= 0.3 is 5.97 Å². The number of carboxylic acid groups (broad SMARTS) is 1. The van der Waals surface area contributed by atoms with E-state index in [1.165, 1.54) is 32.0 Å². The van der Waals surface area contributed by atoms with E-state index in [4.69, 9.17) is 5.11 Å². The standard InChI is InChI=1S/C13H12F2N2O2/c1-13(2,15)11-7(4-3-5-8(11)14)9-6-10(12(18)19)17-16-9/h3-6H,1-2H3,(H,16,17)(H,18,19). The number of aromatic nitrogens is 2. The Hall–Kier alpha value is -2.24. The highest BCUT2D eigenvalue weighted by Crippen LogP contribution is 2.35. The molecular formula is C13H12F2N2O2. The van der Waals surface area contributed by atoms with Crippen LogP contribution in [0.3, 0.4) is 0 Å². The third-order valence-electron chi connectivity index (χ3n) is 2.69. The van der Waals surface area contributed by atoms with Crippen molar-refractivity contribution in [2.24, 2.45) is 0 Å². The zero-order valence-corrected chi connectivity index (χ0v) is 10.4. The van der Waals surface area contributed by atoms with Crippen molar-refractivity contribution >= 4 is 5.97 Å². The molecule has 0 atom stereocenters. The van der Waals surface area contributed by atoms with E-state index in [1.54, 1.807) is 0 Å². The fourth-order valence-electron chi connectivity index (χ4n) is 1.91. The molecule has 0 saturated carbocycles. The first-order valence-corrected chi connectivity index (χ1v) is 5.57. The number of hydrogen-bond acceptors (Lipinski definition) is 2. The van der Waals surface area contributed by atoms with Crippen LogP contribution < -0.4 is 0 Å². The van der Waals surface area contributed by atoms with Crippen LogP contribution in [0.25, 0.3) is 11.3 Å². The van der Waals surface area contributed by atoms with Crippen LogP contribution in [-0.4, -0.2) is 21.3 Å². The van der Waals surface area contributed by atoms with Crippen molar-refractivity contribution in [3.05, 3.63) is 41.3 Å². The number of hydrogen-bond donors (Lipinski definition) is 2. The van der Waals surface area contributed by atoms with Crippen LogP contribution in [0.4, 0.5) is 8.78 Å². The molecule has 0 amide bonds. The molecule has 2 N–H and O–H groups in total. The Balaban J connectivity index is 2.62. The van der Waals surface area contributed by atoms with Crippen LogP contribution in [0.5, 0.6) is 0 Å². The van der Waals surface area contributed by atoms with Crippen molar-refractivity contribution in [1.29, 1.82) is 0 Å². The van der Waals surface area contributed by atoms with E-state index in [9.17, 15) is 13.6 Å². The second kappa shape index (κ2) is 4.46. The lowest BCUT2D eigenvalue weighted by Gasteiger charge is -2.18. The summed E-state index contributed by atoms with van der Waals surface area (Å²) in [6, 6.07) is 5.33. The van der Waals surface area contributed by atoms with Crippen LogP contribution in [0.1, 0.15) is 29.9 Å². The second-order valence-electron chi connectivity index (χ2n) is 4.61. The summed E-state index contributed by atoms with van der Waals surface area (Å²) in [7, 11) is 0. The quantitative estimate of drug-likeness (QED) is 0.897. The van der Waals surface area contributed by atoms with Crippen LogP contribution in [0, 0.1) is 5.82 Å². The third-order valence-corrected chi connectivity index (χ3v) is 2.69. The van der Waals surface area contributed by atoms with Gasteiger partial charge in [0.15, 0.2) is 0 Å². The largest absolute Gasteiger partial charge is 0.477 e. The molecule has 100 valence electrons. The highest BCUT2D eigenvalue weighted by molar-refractivity contribution is 5.87. The van der Waals surface area contributed by atoms with Crippen LogP contribution in [-0.2, 0) is 5.67 Å². The Bertz CT molecular complexity index is 630. The molecule has 0 saturated heterocycles. The Morgan fingerprint density at radius 1 is 1.42 bits per heavy atom. The molecule has 1 heterocycles. The van der Waals surface area contributed by atoms with Gasteiger partial charge in [-0.25, -0.2) is 13.6 Å². The van der Waals surface area contributed by atoms with Gasteiger partial charge in [0.25, 0.3) is 0 Å². The molecule has 0 aliphatic rings. The highest BCUT2D eigenvalue weighted by atomic mass is 19.1. The number of benzene rings is 1. The number of aromatic amines is 1. The zero-order valence-electron chi connectivity index (χ0n) is 10.4. The molecule has 0 aliphatic carbocycles. The smallest absolute Gasteiger partial charge is 0.353 e. The van der Waals surface area contributed by atoms with Crippen molar-refractivity contribution in [3.8, 4) is 11.3 Å². The summed E-state index contributed by atoms with van der Waals surface area (Å²) in [5.41, 5.74) is -1.75. The number of nitrogens with zero attached hydrogens (tertiary/aromatic N) is 1. The lowest BCUT2D eigenvalue weighted by molar-refractivity contribution is 0.0690. The molecule has 2 aromatic rings. The van der Waals surface area contributed by atoms with E-state index in [-0.39, 0.29) is 22.5 Å². The predicted molar refractivity (Wildman–Crippen MR) is 65.1 cm³/mol. The normalized spacial score (nSPS) is 11.6. The van der Waals surface area contributed by atoms with Gasteiger partial charge < -0.3 is 5.11 Å². The number of H-pyrrole nitrogens is 1. The predicted octanol–water partition coefficient (Wildman–Crippen LogP) is 3.12. The number of rotatable bonds is 3. The maximum Gasteiger partial charge on any atom is 0.353 e. The summed E-state index contributed by atoms with van der Waals surface area (Å²) in [6.45, 7) is 2.47. The van der Waals surface area contributed by atoms with Crippen LogP contribution in [0.2, 0.25) is 0 Å². The summed E-state index contributed by atoms with van der Waals surface area (Å²) in [4.78, 5) is 10.8. The molecule has 2 rings (SSSR count). The molecule has 1 aromatic carbocycles. The number of carboxylic acids is 1. The van der Waals surface area contributed by atoms with Gasteiger partial charge in [0.2, 0.25) is 0 Å². The summed E-state index contributed by atoms with van der Waals surface area (Å²) in [5, 5.41) is 14.9. The van der Waals surface area contributed by atoms with Crippen molar-refractivity contribution in [2.45, 2.75) is 19.5 Å². The van der Waals surface area contributed by atoms with Gasteiger partial charge in [-0.15, -0.1) is 0 Å². The Morgan fingerprint density at radius 3 is 2.63 bits per heavy atom. The SMILES string of the molecule is CC(C)(F)c1c(F)cccc1-c1cc(C(=O)O)[nH]n1. The van der Waals surface area contributed by atoms with E-state index in [1.807, 2.05) is 0 Å². The Kier molecular flexibility index (Phi) is 3.09. The number of aromatic carboxylic acids is 1. The minimum Gasteiger partial charge on any atom is -0.477 e. The van der Waals surface area contributed by atoms with Gasteiger partial charge in [0, 0.05) is 11.1 Å². The van der Waals surface area contributed by atoms with Gasteiger partial charge in [-0.2, -0.15) is 5.10 Å². The van der Waals surface area contributed by atoms with Gasteiger partial charge in [-0.3, -0.25) is 5.10 Å². The average molecular weight is 266 g/mol. The van der Waals surface area contributed by atoms with E-state index < -0.39 is 17.5 Å². The number of carbonyl (C=O) groups is 1. The molecular weight excluding hydrogens is 254 g/mol. The van der Waals surface area contributed by atoms with E-state index in [2.05, 4.69) is 10.2 Å². The summed E-state index contributed by atoms with van der Waals surface area (Å²) < 4.78 is 27.9. The monoisotopic (exact) mass is 266 g/mol. The van der Waals surface area contributed by atoms with Crippen molar-refractivity contribution in [3.63, 3.8) is 0 Å². The molecule has 19 heavy (non-hydrogen) atoms. The minimum absolute atomic E-state index is 0.137. The lowest BCUT2D eigenvalue weighted by atomic mass is 9.92. The number of halogens is 2. The number of nitrogens with one attached hydrogen (secondary N) is 1. The summed E-state index contributed by atoms with van der Waals surface area (Å²) in [6.07, 6.45) is 0. The fraction of sp³-hybridized carbons (Fsp3) is 0.231. The Labute approximate surface area is 108 Å². The topological polar surface area (TPSA) is 66.0 Å². The second-order valence-corrected chi connectivity index (χ2v) is 4.61. The van der Waals surface area contributed by atoms with Gasteiger partial charge in [-0.05, 0) is 26.0 Å². The van der Waals surface area contributed by atoms with Crippen molar-refractivity contribution in [1.82, 2.24) is 10.2 Å². The zero-order chi connectivity index (χ0) is 14.2. The molecule has 0 aliphatic heterocycles. The van der Waals surface area contributed by atoms with Gasteiger partial charge in [0.05, 0.1) is 5.69 Å². The molecule has 0 unspecified atom stereocenters. The molecule has 4 nitrogen and oxygen atoms in total. The molecule has 0 bridgehead atoms. The summed E-state index contributed by atoms with van der Waals surface area (Å²) in [5.74, 6) is -1.87. The lowest BCUT2D eigenvalue weighted by Crippen LogP contribution is -2.13. The molecule has 0 spiro atoms. The summed E-state index contributed by atoms with van der Waals surface area (Å²) >= 11 is 0. The van der Waals surface area contributed by atoms with Gasteiger partial charge in [0.1, 0.15) is 17.2 Å². The van der Waals surface area contributed by atoms with Gasteiger partial charge in [-0.1, -0.05) is 12.1 Å². The Morgan fingerprint density at radius 2 is 2.11 bits per heavy atom. The van der Waals surface area contributed by atoms with Crippen LogP contribution >= 0.6 is 0 Å². The molecule has 6 heteroatoms. The maximum absolute atomic E-state index is 14.1. The first-order chi connectivity index (χ1) is 8.80. The first-order valence-electron chi connectivity index (χ1n) is 5.57. The molecule has 0 radical (unpaired) electrons. The van der Waals surface area contributed by atoms with E-state index >= 15 is 0 Å². The van der Waals surface area contributed by atoms with Crippen molar-refractivity contribution in [2.75, 3.05) is 0 Å². The third kappa shape index (κ3) is 2.47. The van der Waals surface area contributed by atoms with E-state index in [0.29, 0.717) is 0 Å². The minimum atomic E-state index is -1.90. The number of alkyl halides is 1. The van der Waals surface area contributed by atoms with Crippen molar-refractivity contribution < 1.29 is 18.7 Å². The van der Waals surface area contributed by atoms with E-state index in [0.717, 1.165) is 6.07 Å². The first kappa shape index (κ1) is 13.2. The van der Waals surface area contributed by atoms with Crippen LogP contribution in [0.15, 0.2) is 24.3 Å². The average Bonchev–Trinajstić information content (AvgIpc) is 2.75. The fourth-order valence-corrected chi connectivity index (χ4v) is 1.91. The maximum atomic E-state index is 14.1. The highest BCUT2D eigenvalue weighted by Gasteiger charge is 2.28. The molecule has 1 aromatic heterocycles. The molecule has 0 fully saturated rings.